The minimum atomic E-state index is -0.751. The van der Waals surface area contributed by atoms with E-state index < -0.39 is 5.97 Å². The van der Waals surface area contributed by atoms with Gasteiger partial charge in [0.2, 0.25) is 0 Å². The first-order chi connectivity index (χ1) is 20.4. The highest BCUT2D eigenvalue weighted by Gasteiger charge is 2.57. The SMILES string of the molecule is Cc1ccn(-c2cc(C(CC(=O)O)CN3CC[C@@]4(CC4Cc4ccc5c(n4)NCCC5)C3)cc(N3CCOCC3)c2)n1. The number of nitrogens with one attached hydrogen (secondary N) is 1. The van der Waals surface area contributed by atoms with Gasteiger partial charge in [0.15, 0.2) is 0 Å². The van der Waals surface area contributed by atoms with Crippen LogP contribution in [-0.2, 0) is 22.4 Å². The molecule has 2 saturated heterocycles. The lowest BCUT2D eigenvalue weighted by molar-refractivity contribution is -0.137. The fraction of sp³-hybridized carbons (Fsp3) is 0.545. The number of fused-ring (bicyclic) bond motifs is 1. The number of pyridine rings is 1. The second-order valence-electron chi connectivity index (χ2n) is 12.9. The number of aromatic nitrogens is 3. The Morgan fingerprint density at radius 1 is 1.17 bits per heavy atom. The lowest BCUT2D eigenvalue weighted by Gasteiger charge is -2.31. The molecule has 1 saturated carbocycles. The second kappa shape index (κ2) is 11.3. The number of hydrogen-bond donors (Lipinski definition) is 2. The van der Waals surface area contributed by atoms with Crippen LogP contribution in [-0.4, -0.2) is 83.2 Å². The zero-order valence-corrected chi connectivity index (χ0v) is 24.6. The van der Waals surface area contributed by atoms with E-state index >= 15 is 0 Å². The van der Waals surface area contributed by atoms with E-state index in [1.54, 1.807) is 0 Å². The quantitative estimate of drug-likeness (QED) is 0.394. The molecule has 0 radical (unpaired) electrons. The summed E-state index contributed by atoms with van der Waals surface area (Å²) in [5.41, 5.74) is 7.02. The van der Waals surface area contributed by atoms with Gasteiger partial charge in [-0.25, -0.2) is 9.67 Å². The molecule has 1 aromatic carbocycles. The van der Waals surface area contributed by atoms with Crippen LogP contribution >= 0.6 is 0 Å². The summed E-state index contributed by atoms with van der Waals surface area (Å²) >= 11 is 0. The summed E-state index contributed by atoms with van der Waals surface area (Å²) in [5.74, 6) is 0.897. The molecule has 9 heteroatoms. The Morgan fingerprint density at radius 2 is 2.02 bits per heavy atom. The van der Waals surface area contributed by atoms with Crippen molar-refractivity contribution in [3.05, 3.63) is 65.1 Å². The number of carboxylic acids is 1. The molecule has 2 aromatic heterocycles. The van der Waals surface area contributed by atoms with Gasteiger partial charge in [-0.05, 0) is 98.4 Å². The van der Waals surface area contributed by atoms with Crippen molar-refractivity contribution >= 4 is 17.5 Å². The Labute approximate surface area is 247 Å². The van der Waals surface area contributed by atoms with Crippen LogP contribution in [0.3, 0.4) is 0 Å². The molecule has 42 heavy (non-hydrogen) atoms. The number of likely N-dealkylation sites (tertiary alicyclic amines) is 1. The fourth-order valence-electron chi connectivity index (χ4n) is 7.45. The number of aliphatic carboxylic acids is 1. The molecular weight excluding hydrogens is 528 g/mol. The average molecular weight is 571 g/mol. The van der Waals surface area contributed by atoms with Crippen molar-refractivity contribution in [1.82, 2.24) is 19.7 Å². The maximum Gasteiger partial charge on any atom is 0.304 e. The second-order valence-corrected chi connectivity index (χ2v) is 12.9. The van der Waals surface area contributed by atoms with Crippen LogP contribution in [0.4, 0.5) is 11.5 Å². The molecule has 1 spiro atoms. The minimum absolute atomic E-state index is 0.0976. The fourth-order valence-corrected chi connectivity index (χ4v) is 7.45. The number of hydrogen-bond acceptors (Lipinski definition) is 7. The molecule has 5 heterocycles. The number of ether oxygens (including phenoxy) is 1. The van der Waals surface area contributed by atoms with Gasteiger partial charge in [-0.3, -0.25) is 4.79 Å². The first kappa shape index (κ1) is 27.4. The molecule has 2 unspecified atom stereocenters. The number of rotatable bonds is 9. The Bertz CT molecular complexity index is 1450. The normalized spacial score (nSPS) is 24.4. The first-order valence-corrected chi connectivity index (χ1v) is 15.6. The molecule has 1 aliphatic carbocycles. The summed E-state index contributed by atoms with van der Waals surface area (Å²) in [4.78, 5) is 21.9. The van der Waals surface area contributed by atoms with Gasteiger partial charge in [-0.2, -0.15) is 5.10 Å². The summed E-state index contributed by atoms with van der Waals surface area (Å²) < 4.78 is 7.51. The summed E-state index contributed by atoms with van der Waals surface area (Å²) in [6.45, 7) is 8.90. The van der Waals surface area contributed by atoms with Gasteiger partial charge in [0, 0.05) is 56.2 Å². The molecule has 7 rings (SSSR count). The number of nitrogens with zero attached hydrogens (tertiary/aromatic N) is 5. The van der Waals surface area contributed by atoms with Crippen LogP contribution in [0.15, 0.2) is 42.6 Å². The Hall–Kier alpha value is -3.43. The Morgan fingerprint density at radius 3 is 2.83 bits per heavy atom. The topological polar surface area (TPSA) is 95.8 Å². The van der Waals surface area contributed by atoms with Gasteiger partial charge in [-0.15, -0.1) is 0 Å². The summed E-state index contributed by atoms with van der Waals surface area (Å²) in [7, 11) is 0. The van der Waals surface area contributed by atoms with Crippen LogP contribution in [0.5, 0.6) is 0 Å². The minimum Gasteiger partial charge on any atom is -0.481 e. The molecular formula is C33H42N6O3. The molecule has 0 bridgehead atoms. The number of carbonyl (C=O) groups is 1. The van der Waals surface area contributed by atoms with Crippen LogP contribution in [0.1, 0.15) is 54.1 Å². The van der Waals surface area contributed by atoms with E-state index in [2.05, 4.69) is 50.5 Å². The maximum atomic E-state index is 12.1. The van der Waals surface area contributed by atoms with Crippen molar-refractivity contribution in [2.24, 2.45) is 11.3 Å². The highest BCUT2D eigenvalue weighted by Crippen LogP contribution is 2.59. The van der Waals surface area contributed by atoms with Crippen LogP contribution in [0, 0.1) is 18.3 Å². The molecule has 3 aliphatic heterocycles. The predicted octanol–water partition coefficient (Wildman–Crippen LogP) is 4.28. The standard InChI is InChI=1S/C33H42N6O3/c1-23-6-9-39(36-23)30-16-25(15-29(19-30)38-11-13-42-14-12-38)26(17-31(40)41)21-37-10-7-33(22-37)20-27(33)18-28-5-4-24-3-2-8-34-32(24)35-28/h4-6,9,15-16,19,26-27H,2-3,7-8,10-14,17-18,20-22H2,1H3,(H,34,35)(H,40,41)/t26?,27?,33-/m1/s1. The van der Waals surface area contributed by atoms with Crippen LogP contribution in [0.25, 0.3) is 5.69 Å². The van der Waals surface area contributed by atoms with E-state index in [1.807, 2.05) is 23.9 Å². The van der Waals surface area contributed by atoms with Gasteiger partial charge >= 0.3 is 5.97 Å². The van der Waals surface area contributed by atoms with E-state index in [0.717, 1.165) is 80.6 Å². The smallest absolute Gasteiger partial charge is 0.304 e. The first-order valence-electron chi connectivity index (χ1n) is 15.6. The monoisotopic (exact) mass is 570 g/mol. The van der Waals surface area contributed by atoms with E-state index in [9.17, 15) is 9.90 Å². The predicted molar refractivity (Wildman–Crippen MR) is 163 cm³/mol. The van der Waals surface area contributed by atoms with Crippen LogP contribution in [0.2, 0.25) is 0 Å². The average Bonchev–Trinajstić information content (AvgIpc) is 3.27. The van der Waals surface area contributed by atoms with Crippen molar-refractivity contribution < 1.29 is 14.6 Å². The number of aryl methyl sites for hydroxylation is 2. The third-order valence-electron chi connectivity index (χ3n) is 9.89. The van der Waals surface area contributed by atoms with E-state index in [4.69, 9.17) is 9.72 Å². The summed E-state index contributed by atoms with van der Waals surface area (Å²) in [6.07, 6.45) is 7.86. The molecule has 3 atom stereocenters. The van der Waals surface area contributed by atoms with Gasteiger partial charge in [-0.1, -0.05) is 6.07 Å². The number of benzene rings is 1. The van der Waals surface area contributed by atoms with E-state index in [0.29, 0.717) is 24.5 Å². The Kier molecular flexibility index (Phi) is 7.40. The third-order valence-corrected chi connectivity index (χ3v) is 9.89. The van der Waals surface area contributed by atoms with Crippen LogP contribution < -0.4 is 10.2 Å². The van der Waals surface area contributed by atoms with Gasteiger partial charge < -0.3 is 25.0 Å². The van der Waals surface area contributed by atoms with Gasteiger partial charge in [0.05, 0.1) is 31.0 Å². The molecule has 3 fully saturated rings. The zero-order chi connectivity index (χ0) is 28.7. The van der Waals surface area contributed by atoms with Crippen molar-refractivity contribution in [2.45, 2.75) is 51.4 Å². The largest absolute Gasteiger partial charge is 0.481 e. The number of carboxylic acid groups (broad SMARTS) is 1. The summed E-state index contributed by atoms with van der Waals surface area (Å²) in [6, 6.07) is 13.0. The number of morpholine rings is 1. The van der Waals surface area contributed by atoms with Crippen molar-refractivity contribution in [3.8, 4) is 5.69 Å². The van der Waals surface area contributed by atoms with Crippen molar-refractivity contribution in [3.63, 3.8) is 0 Å². The van der Waals surface area contributed by atoms with E-state index in [-0.39, 0.29) is 12.3 Å². The van der Waals surface area contributed by atoms with Gasteiger partial charge in [0.1, 0.15) is 5.82 Å². The lowest BCUT2D eigenvalue weighted by Crippen LogP contribution is -2.36. The lowest BCUT2D eigenvalue weighted by atomic mass is 9.93. The van der Waals surface area contributed by atoms with E-state index in [1.165, 1.54) is 30.5 Å². The third kappa shape index (κ3) is 5.77. The molecule has 4 aliphatic rings. The molecule has 3 aromatic rings. The van der Waals surface area contributed by atoms with Crippen molar-refractivity contribution in [1.29, 1.82) is 0 Å². The summed E-state index contributed by atoms with van der Waals surface area (Å²) in [5, 5.41) is 18.1. The van der Waals surface area contributed by atoms with Gasteiger partial charge in [0.25, 0.3) is 0 Å². The zero-order valence-electron chi connectivity index (χ0n) is 24.6. The maximum absolute atomic E-state index is 12.1. The highest BCUT2D eigenvalue weighted by atomic mass is 16.5. The number of anilines is 2. The molecule has 2 N–H and O–H groups in total. The molecule has 222 valence electrons. The molecule has 0 amide bonds. The Balaban J connectivity index is 1.08. The van der Waals surface area contributed by atoms with Crippen molar-refractivity contribution in [2.75, 3.05) is 62.7 Å². The highest BCUT2D eigenvalue weighted by molar-refractivity contribution is 5.68. The molecule has 9 nitrogen and oxygen atoms in total.